The summed E-state index contributed by atoms with van der Waals surface area (Å²) in [4.78, 5) is 0. The van der Waals surface area contributed by atoms with Gasteiger partial charge in [-0.3, -0.25) is 0 Å². The van der Waals surface area contributed by atoms with Crippen LogP contribution in [0.3, 0.4) is 0 Å². The van der Waals surface area contributed by atoms with E-state index in [0.29, 0.717) is 30.1 Å². The first-order chi connectivity index (χ1) is 22.1. The van der Waals surface area contributed by atoms with E-state index in [1.54, 1.807) is 6.07 Å². The maximum atomic E-state index is 15.5. The summed E-state index contributed by atoms with van der Waals surface area (Å²) in [7, 11) is 0. The Labute approximate surface area is 274 Å². The zero-order valence-electron chi connectivity index (χ0n) is 28.6. The van der Waals surface area contributed by atoms with E-state index in [-0.39, 0.29) is 11.6 Å². The predicted octanol–water partition coefficient (Wildman–Crippen LogP) is 13.4. The minimum atomic E-state index is -0.213. The van der Waals surface area contributed by atoms with Crippen molar-refractivity contribution >= 4 is 0 Å². The summed E-state index contributed by atoms with van der Waals surface area (Å²) < 4.78 is 35.8. The molecule has 2 aromatic carbocycles. The van der Waals surface area contributed by atoms with Crippen molar-refractivity contribution < 1.29 is 13.5 Å². The predicted molar refractivity (Wildman–Crippen MR) is 185 cm³/mol. The lowest BCUT2D eigenvalue weighted by molar-refractivity contribution is 0.176. The molecule has 0 bridgehead atoms. The number of rotatable bonds is 15. The highest BCUT2D eigenvalue weighted by molar-refractivity contribution is 5.32. The fourth-order valence-corrected chi connectivity index (χ4v) is 9.17. The Hall–Kier alpha value is -1.90. The van der Waals surface area contributed by atoms with Gasteiger partial charge in [0.15, 0.2) is 11.6 Å². The van der Waals surface area contributed by atoms with Crippen molar-refractivity contribution in [3.05, 3.63) is 64.7 Å². The van der Waals surface area contributed by atoms with E-state index in [0.717, 1.165) is 67.4 Å². The fraction of sp³-hybridized carbons (Fsp3) is 0.714. The molecule has 2 aromatic rings. The number of ether oxygens (including phenoxy) is 1. The van der Waals surface area contributed by atoms with Gasteiger partial charge in [0.25, 0.3) is 0 Å². The second-order valence-corrected chi connectivity index (χ2v) is 15.2. The lowest BCUT2D eigenvalue weighted by Gasteiger charge is -2.38. The van der Waals surface area contributed by atoms with Gasteiger partial charge in [-0.05, 0) is 154 Å². The summed E-state index contributed by atoms with van der Waals surface area (Å²) in [5, 5.41) is 0. The highest BCUT2D eigenvalue weighted by atomic mass is 19.1. The standard InChI is InChI=1S/C42H62F2O/c1-3-5-7-8-9-10-11-31-12-14-34(15-13-31)37-24-26-39(40(43)29-37)36-22-20-33(21-23-36)32-16-18-35(19-17-32)38-25-27-42(41(44)30-38)45-28-6-4-2/h24-27,29-36H,3-23,28H2,1-2H3. The molecule has 0 radical (unpaired) electrons. The molecule has 0 spiro atoms. The van der Waals surface area contributed by atoms with Crippen molar-refractivity contribution in [2.75, 3.05) is 6.61 Å². The van der Waals surface area contributed by atoms with Crippen LogP contribution in [0.5, 0.6) is 5.75 Å². The van der Waals surface area contributed by atoms with Gasteiger partial charge >= 0.3 is 0 Å². The van der Waals surface area contributed by atoms with Crippen molar-refractivity contribution in [2.45, 2.75) is 166 Å². The number of benzene rings is 2. The Morgan fingerprint density at radius 3 is 1.69 bits per heavy atom. The molecule has 0 aliphatic heterocycles. The molecule has 0 saturated heterocycles. The number of halogens is 2. The van der Waals surface area contributed by atoms with Crippen LogP contribution >= 0.6 is 0 Å². The minimum absolute atomic E-state index is 0.0553. The fourth-order valence-electron chi connectivity index (χ4n) is 9.17. The van der Waals surface area contributed by atoms with Crippen molar-refractivity contribution in [1.82, 2.24) is 0 Å². The van der Waals surface area contributed by atoms with Crippen molar-refractivity contribution in [2.24, 2.45) is 17.8 Å². The molecule has 3 saturated carbocycles. The molecule has 0 aromatic heterocycles. The van der Waals surface area contributed by atoms with E-state index < -0.39 is 0 Å². The van der Waals surface area contributed by atoms with Crippen LogP contribution in [-0.4, -0.2) is 6.61 Å². The van der Waals surface area contributed by atoms with Crippen LogP contribution in [-0.2, 0) is 0 Å². The molecular formula is C42H62F2O. The van der Waals surface area contributed by atoms with Crippen molar-refractivity contribution in [3.8, 4) is 5.75 Å². The molecule has 45 heavy (non-hydrogen) atoms. The first kappa shape index (κ1) is 34.4. The number of hydrogen-bond acceptors (Lipinski definition) is 1. The summed E-state index contributed by atoms with van der Waals surface area (Å²) in [5.41, 5.74) is 3.36. The van der Waals surface area contributed by atoms with Crippen molar-refractivity contribution in [1.29, 1.82) is 0 Å². The van der Waals surface area contributed by atoms with Gasteiger partial charge in [0.05, 0.1) is 6.61 Å². The van der Waals surface area contributed by atoms with Gasteiger partial charge in [-0.2, -0.15) is 0 Å². The Morgan fingerprint density at radius 2 is 1.09 bits per heavy atom. The third-order valence-corrected chi connectivity index (χ3v) is 12.1. The molecule has 3 heteroatoms. The largest absolute Gasteiger partial charge is 0.491 e. The second-order valence-electron chi connectivity index (χ2n) is 15.2. The number of unbranched alkanes of at least 4 members (excludes halogenated alkanes) is 6. The molecule has 0 atom stereocenters. The van der Waals surface area contributed by atoms with Gasteiger partial charge in [0.1, 0.15) is 5.82 Å². The molecule has 5 rings (SSSR count). The van der Waals surface area contributed by atoms with Crippen LogP contribution < -0.4 is 4.74 Å². The summed E-state index contributed by atoms with van der Waals surface area (Å²) in [5.74, 6) is 4.05. The maximum Gasteiger partial charge on any atom is 0.165 e. The van der Waals surface area contributed by atoms with E-state index in [1.807, 2.05) is 12.1 Å². The van der Waals surface area contributed by atoms with Gasteiger partial charge in [0.2, 0.25) is 0 Å². The van der Waals surface area contributed by atoms with Gasteiger partial charge in [-0.25, -0.2) is 8.78 Å². The zero-order valence-corrected chi connectivity index (χ0v) is 28.6. The van der Waals surface area contributed by atoms with Crippen LogP contribution in [0.15, 0.2) is 36.4 Å². The summed E-state index contributed by atoms with van der Waals surface area (Å²) in [6, 6.07) is 12.0. The van der Waals surface area contributed by atoms with E-state index in [9.17, 15) is 4.39 Å². The Morgan fingerprint density at radius 1 is 0.556 bits per heavy atom. The van der Waals surface area contributed by atoms with Crippen LogP contribution in [0.1, 0.15) is 183 Å². The van der Waals surface area contributed by atoms with Gasteiger partial charge in [0, 0.05) is 0 Å². The molecule has 3 aliphatic rings. The topological polar surface area (TPSA) is 9.23 Å². The van der Waals surface area contributed by atoms with Crippen LogP contribution in [0.4, 0.5) is 8.78 Å². The zero-order chi connectivity index (χ0) is 31.4. The third-order valence-electron chi connectivity index (χ3n) is 12.1. The highest BCUT2D eigenvalue weighted by Crippen LogP contribution is 2.47. The average Bonchev–Trinajstić information content (AvgIpc) is 3.07. The van der Waals surface area contributed by atoms with Gasteiger partial charge in [-0.15, -0.1) is 0 Å². The Bertz CT molecular complexity index is 1140. The summed E-state index contributed by atoms with van der Waals surface area (Å²) in [6.07, 6.45) is 26.3. The quantitative estimate of drug-likeness (QED) is 0.180. The smallest absolute Gasteiger partial charge is 0.165 e. The maximum absolute atomic E-state index is 15.5. The summed E-state index contributed by atoms with van der Waals surface area (Å²) >= 11 is 0. The molecule has 250 valence electrons. The molecule has 0 unspecified atom stereocenters. The van der Waals surface area contributed by atoms with Crippen LogP contribution in [0.25, 0.3) is 0 Å². The second kappa shape index (κ2) is 17.9. The van der Waals surface area contributed by atoms with Crippen molar-refractivity contribution in [3.63, 3.8) is 0 Å². The lowest BCUT2D eigenvalue weighted by atomic mass is 9.67. The average molecular weight is 621 g/mol. The molecular weight excluding hydrogens is 558 g/mol. The summed E-state index contributed by atoms with van der Waals surface area (Å²) in [6.45, 7) is 4.98. The first-order valence-corrected chi connectivity index (χ1v) is 19.3. The van der Waals surface area contributed by atoms with Gasteiger partial charge in [-0.1, -0.05) is 83.4 Å². The normalized spacial score (nSPS) is 27.4. The first-order valence-electron chi connectivity index (χ1n) is 19.3. The molecule has 1 nitrogen and oxygen atoms in total. The van der Waals surface area contributed by atoms with E-state index in [1.165, 1.54) is 102 Å². The van der Waals surface area contributed by atoms with E-state index >= 15 is 4.39 Å². The molecule has 3 aliphatic carbocycles. The van der Waals surface area contributed by atoms with Crippen LogP contribution in [0.2, 0.25) is 0 Å². The van der Waals surface area contributed by atoms with Crippen LogP contribution in [0, 0.1) is 29.4 Å². The lowest BCUT2D eigenvalue weighted by Crippen LogP contribution is -2.25. The van der Waals surface area contributed by atoms with E-state index in [2.05, 4.69) is 32.0 Å². The minimum Gasteiger partial charge on any atom is -0.491 e. The third kappa shape index (κ3) is 9.80. The van der Waals surface area contributed by atoms with Gasteiger partial charge < -0.3 is 4.74 Å². The van der Waals surface area contributed by atoms with E-state index in [4.69, 9.17) is 4.74 Å². The molecule has 3 fully saturated rings. The molecule has 0 amide bonds. The monoisotopic (exact) mass is 620 g/mol. The highest BCUT2D eigenvalue weighted by Gasteiger charge is 2.33. The number of hydrogen-bond donors (Lipinski definition) is 0. The SMILES string of the molecule is CCCCCCCCC1CCC(c2ccc(C3CCC(C4CCC(c5ccc(OCCCC)c(F)c5)CC4)CC3)c(F)c2)CC1. The molecule has 0 N–H and O–H groups in total. The Kier molecular flexibility index (Phi) is 13.7. The Balaban J connectivity index is 1.02. The molecule has 0 heterocycles.